The second-order valence-corrected chi connectivity index (χ2v) is 3.05. The second kappa shape index (κ2) is 6.06. The van der Waals surface area contributed by atoms with Crippen molar-refractivity contribution in [3.63, 3.8) is 0 Å². The van der Waals surface area contributed by atoms with Crippen LogP contribution in [0.3, 0.4) is 0 Å². The van der Waals surface area contributed by atoms with Gasteiger partial charge in [-0.05, 0) is 36.9 Å². The van der Waals surface area contributed by atoms with Gasteiger partial charge in [0, 0.05) is 4.90 Å². The molecule has 0 N–H and O–H groups in total. The number of hydrogen-bond donors (Lipinski definition) is 0. The average Bonchev–Trinajstić information content (AvgIpc) is 2.06. The van der Waals surface area contributed by atoms with Crippen molar-refractivity contribution in [2.24, 2.45) is 0 Å². The van der Waals surface area contributed by atoms with Crippen LogP contribution < -0.4 is 0 Å². The smallest absolute Gasteiger partial charge is 0.124 e. The van der Waals surface area contributed by atoms with Crippen molar-refractivity contribution in [1.29, 1.82) is 0 Å². The third-order valence-electron chi connectivity index (χ3n) is 1.25. The van der Waals surface area contributed by atoms with Gasteiger partial charge in [-0.1, -0.05) is 13.8 Å². The molecule has 0 radical (unpaired) electrons. The van der Waals surface area contributed by atoms with E-state index in [2.05, 4.69) is 0 Å². The highest BCUT2D eigenvalue weighted by Crippen LogP contribution is 2.17. The van der Waals surface area contributed by atoms with Gasteiger partial charge in [-0.3, -0.25) is 0 Å². The highest BCUT2D eigenvalue weighted by Gasteiger charge is 1.94. The van der Waals surface area contributed by atoms with E-state index in [4.69, 9.17) is 0 Å². The number of thioether (sulfide) groups is 1. The molecule has 0 amide bonds. The molecule has 12 heavy (non-hydrogen) atoms. The lowest BCUT2D eigenvalue weighted by Gasteiger charge is -1.97. The monoisotopic (exact) mass is 186 g/mol. The van der Waals surface area contributed by atoms with E-state index in [1.165, 1.54) is 12.1 Å². The van der Waals surface area contributed by atoms with Crippen molar-refractivity contribution in [2.45, 2.75) is 25.7 Å². The summed E-state index contributed by atoms with van der Waals surface area (Å²) >= 11 is 1.56. The number of benzene rings is 1. The van der Waals surface area contributed by atoms with Gasteiger partial charge in [0.1, 0.15) is 5.82 Å². The van der Waals surface area contributed by atoms with Gasteiger partial charge in [-0.25, -0.2) is 4.39 Å². The molecule has 0 aromatic heterocycles. The topological polar surface area (TPSA) is 0 Å². The average molecular weight is 186 g/mol. The molecule has 0 fully saturated rings. The van der Waals surface area contributed by atoms with Crippen molar-refractivity contribution < 1.29 is 4.39 Å². The second-order valence-electron chi connectivity index (χ2n) is 2.17. The Hall–Kier alpha value is -0.500. The number of halogens is 1. The molecular weight excluding hydrogens is 171 g/mol. The quantitative estimate of drug-likeness (QED) is 0.600. The minimum absolute atomic E-state index is 0.149. The molecule has 68 valence electrons. The Kier molecular flexibility index (Phi) is 5.81. The fraction of sp³-hybridized carbons (Fsp3) is 0.400. The van der Waals surface area contributed by atoms with Crippen LogP contribution in [-0.4, -0.2) is 6.26 Å². The Morgan fingerprint density at radius 3 is 2.17 bits per heavy atom. The van der Waals surface area contributed by atoms with Crippen LogP contribution in [0.2, 0.25) is 0 Å². The molecule has 1 rings (SSSR count). The van der Waals surface area contributed by atoms with Crippen molar-refractivity contribution in [1.82, 2.24) is 0 Å². The third kappa shape index (κ3) is 3.77. The van der Waals surface area contributed by atoms with Crippen molar-refractivity contribution in [2.75, 3.05) is 6.26 Å². The molecule has 0 atom stereocenters. The van der Waals surface area contributed by atoms with E-state index in [-0.39, 0.29) is 5.82 Å². The van der Waals surface area contributed by atoms with Crippen LogP contribution in [-0.2, 0) is 0 Å². The van der Waals surface area contributed by atoms with Gasteiger partial charge in [0.15, 0.2) is 0 Å². The summed E-state index contributed by atoms with van der Waals surface area (Å²) in [6.45, 7) is 5.89. The van der Waals surface area contributed by atoms with Crippen LogP contribution in [0.5, 0.6) is 0 Å². The minimum atomic E-state index is -0.149. The van der Waals surface area contributed by atoms with Crippen LogP contribution in [0.15, 0.2) is 23.1 Å². The lowest BCUT2D eigenvalue weighted by Crippen LogP contribution is -1.78. The number of aryl methyl sites for hydroxylation is 1. The first-order chi connectivity index (χ1) is 5.72. The summed E-state index contributed by atoms with van der Waals surface area (Å²) in [5.74, 6) is -0.149. The Balaban J connectivity index is 0.000000561. The predicted molar refractivity (Wildman–Crippen MR) is 54.3 cm³/mol. The fourth-order valence-corrected chi connectivity index (χ4v) is 1.35. The van der Waals surface area contributed by atoms with Gasteiger partial charge in [-0.2, -0.15) is 0 Å². The van der Waals surface area contributed by atoms with Crippen LogP contribution in [0, 0.1) is 12.7 Å². The molecule has 0 aliphatic heterocycles. The highest BCUT2D eigenvalue weighted by molar-refractivity contribution is 7.98. The van der Waals surface area contributed by atoms with E-state index < -0.39 is 0 Å². The largest absolute Gasteiger partial charge is 0.207 e. The van der Waals surface area contributed by atoms with Gasteiger partial charge >= 0.3 is 0 Å². The van der Waals surface area contributed by atoms with Crippen molar-refractivity contribution in [3.8, 4) is 0 Å². The van der Waals surface area contributed by atoms with E-state index in [9.17, 15) is 4.39 Å². The molecule has 0 saturated heterocycles. The highest BCUT2D eigenvalue weighted by atomic mass is 32.2. The fourth-order valence-electron chi connectivity index (χ4n) is 0.821. The van der Waals surface area contributed by atoms with Crippen LogP contribution in [0.25, 0.3) is 0 Å². The maximum Gasteiger partial charge on any atom is 0.124 e. The van der Waals surface area contributed by atoms with E-state index in [0.717, 1.165) is 10.5 Å². The molecule has 0 unspecified atom stereocenters. The van der Waals surface area contributed by atoms with Crippen LogP contribution in [0.1, 0.15) is 19.4 Å². The minimum Gasteiger partial charge on any atom is -0.207 e. The van der Waals surface area contributed by atoms with E-state index in [0.29, 0.717) is 0 Å². The summed E-state index contributed by atoms with van der Waals surface area (Å²) in [7, 11) is 0. The molecule has 0 nitrogen and oxygen atoms in total. The molecule has 1 aromatic rings. The summed E-state index contributed by atoms with van der Waals surface area (Å²) in [5, 5.41) is 0. The van der Waals surface area contributed by atoms with Crippen LogP contribution in [0.4, 0.5) is 4.39 Å². The number of hydrogen-bond acceptors (Lipinski definition) is 1. The summed E-state index contributed by atoms with van der Waals surface area (Å²) < 4.78 is 12.6. The molecule has 1 aromatic carbocycles. The van der Waals surface area contributed by atoms with Crippen molar-refractivity contribution >= 4 is 11.8 Å². The predicted octanol–water partition coefficient (Wildman–Crippen LogP) is 3.88. The molecule has 0 heterocycles. The third-order valence-corrected chi connectivity index (χ3v) is 1.96. The Labute approximate surface area is 78.2 Å². The number of rotatable bonds is 1. The zero-order valence-electron chi connectivity index (χ0n) is 8.02. The first-order valence-electron chi connectivity index (χ1n) is 4.03. The Morgan fingerprint density at radius 1 is 1.17 bits per heavy atom. The van der Waals surface area contributed by atoms with E-state index in [1.54, 1.807) is 11.8 Å². The van der Waals surface area contributed by atoms with Gasteiger partial charge in [0.25, 0.3) is 0 Å². The zero-order valence-corrected chi connectivity index (χ0v) is 8.83. The van der Waals surface area contributed by atoms with Gasteiger partial charge < -0.3 is 0 Å². The molecule has 2 heteroatoms. The first kappa shape index (κ1) is 11.5. The first-order valence-corrected chi connectivity index (χ1v) is 5.26. The van der Waals surface area contributed by atoms with Crippen molar-refractivity contribution in [3.05, 3.63) is 29.6 Å². The van der Waals surface area contributed by atoms with Gasteiger partial charge in [-0.15, -0.1) is 11.8 Å². The molecule has 0 aliphatic rings. The van der Waals surface area contributed by atoms with Gasteiger partial charge in [0.05, 0.1) is 0 Å². The maximum absolute atomic E-state index is 12.6. The lowest BCUT2D eigenvalue weighted by molar-refractivity contribution is 0.623. The molecule has 0 aliphatic carbocycles. The standard InChI is InChI=1S/C8H9FS.C2H6/c1-6-3-7(9)5-8(4-6)10-2;1-2/h3-5H,1-2H3;1-2H3. The maximum atomic E-state index is 12.6. The molecule has 0 spiro atoms. The Morgan fingerprint density at radius 2 is 1.75 bits per heavy atom. The molecule has 0 saturated carbocycles. The summed E-state index contributed by atoms with van der Waals surface area (Å²) in [6.07, 6.45) is 1.94. The van der Waals surface area contributed by atoms with E-state index >= 15 is 0 Å². The van der Waals surface area contributed by atoms with Gasteiger partial charge in [0.2, 0.25) is 0 Å². The normalized spacial score (nSPS) is 8.75. The van der Waals surface area contributed by atoms with Crippen LogP contribution >= 0.6 is 11.8 Å². The lowest BCUT2D eigenvalue weighted by atomic mass is 10.2. The summed E-state index contributed by atoms with van der Waals surface area (Å²) in [5.41, 5.74) is 0.976. The SMILES string of the molecule is CC.CSc1cc(C)cc(F)c1. The molecule has 0 bridgehead atoms. The zero-order chi connectivity index (χ0) is 9.56. The summed E-state index contributed by atoms with van der Waals surface area (Å²) in [6, 6.07) is 5.03. The van der Waals surface area contributed by atoms with E-state index in [1.807, 2.05) is 33.1 Å². The molecular formula is C10H15FS. The summed E-state index contributed by atoms with van der Waals surface area (Å²) in [4.78, 5) is 0.984. The Bertz CT molecular complexity index is 213.